The van der Waals surface area contributed by atoms with Crippen molar-refractivity contribution in [2.24, 2.45) is 0 Å². The van der Waals surface area contributed by atoms with E-state index >= 15 is 0 Å². The van der Waals surface area contributed by atoms with E-state index in [9.17, 15) is 0 Å². The second-order valence-corrected chi connectivity index (χ2v) is 3.65. The smallest absolute Gasteiger partial charge is 0.136 e. The Labute approximate surface area is 88.4 Å². The van der Waals surface area contributed by atoms with Crippen LogP contribution in [0.2, 0.25) is 0 Å². The van der Waals surface area contributed by atoms with Gasteiger partial charge in [0.2, 0.25) is 0 Å². The van der Waals surface area contributed by atoms with Crippen LogP contribution in [0.15, 0.2) is 30.7 Å². The Hall–Kier alpha value is -1.86. The maximum atomic E-state index is 9.05. The van der Waals surface area contributed by atoms with Crippen molar-refractivity contribution >= 4 is 5.65 Å². The van der Waals surface area contributed by atoms with E-state index in [-0.39, 0.29) is 6.04 Å². The predicted octanol–water partition coefficient (Wildman–Crippen LogP) is 1.46. The van der Waals surface area contributed by atoms with Gasteiger partial charge < -0.3 is 4.40 Å². The molecular formula is C11H12N4. The van der Waals surface area contributed by atoms with Gasteiger partial charge in [0.15, 0.2) is 0 Å². The number of rotatable bonds is 2. The molecule has 0 bridgehead atoms. The van der Waals surface area contributed by atoms with Crippen molar-refractivity contribution in [1.29, 1.82) is 5.26 Å². The van der Waals surface area contributed by atoms with Crippen LogP contribution in [0, 0.1) is 11.3 Å². The lowest BCUT2D eigenvalue weighted by Crippen LogP contribution is -2.18. The predicted molar refractivity (Wildman–Crippen MR) is 57.2 cm³/mol. The lowest BCUT2D eigenvalue weighted by Gasteiger charge is -2.17. The topological polar surface area (TPSA) is 44.3 Å². The van der Waals surface area contributed by atoms with Crippen LogP contribution in [0.25, 0.3) is 5.65 Å². The van der Waals surface area contributed by atoms with Crippen LogP contribution < -0.4 is 0 Å². The summed E-state index contributed by atoms with van der Waals surface area (Å²) >= 11 is 0. The number of nitrogens with zero attached hydrogens (tertiary/aromatic N) is 4. The largest absolute Gasteiger partial charge is 0.307 e. The lowest BCUT2D eigenvalue weighted by atomic mass is 10.1. The second kappa shape index (κ2) is 3.71. The maximum Gasteiger partial charge on any atom is 0.136 e. The van der Waals surface area contributed by atoms with Gasteiger partial charge in [-0.25, -0.2) is 4.98 Å². The van der Waals surface area contributed by atoms with Crippen molar-refractivity contribution in [2.45, 2.75) is 6.04 Å². The summed E-state index contributed by atoms with van der Waals surface area (Å²) in [6.07, 6.45) is 5.55. The zero-order valence-corrected chi connectivity index (χ0v) is 8.75. The highest BCUT2D eigenvalue weighted by atomic mass is 15.1. The van der Waals surface area contributed by atoms with Crippen molar-refractivity contribution < 1.29 is 0 Å². The number of nitriles is 1. The first-order valence-corrected chi connectivity index (χ1v) is 4.71. The first kappa shape index (κ1) is 9.69. The molecule has 15 heavy (non-hydrogen) atoms. The minimum Gasteiger partial charge on any atom is -0.307 e. The quantitative estimate of drug-likeness (QED) is 0.737. The Bertz CT molecular complexity index is 507. The van der Waals surface area contributed by atoms with E-state index in [1.165, 1.54) is 0 Å². The fraction of sp³-hybridized carbons (Fsp3) is 0.273. The van der Waals surface area contributed by atoms with Crippen LogP contribution in [0.1, 0.15) is 11.6 Å². The highest BCUT2D eigenvalue weighted by Gasteiger charge is 2.13. The molecule has 4 heteroatoms. The third-order valence-electron chi connectivity index (χ3n) is 2.38. The fourth-order valence-corrected chi connectivity index (χ4v) is 1.58. The monoisotopic (exact) mass is 200 g/mol. The average Bonchev–Trinajstić information content (AvgIpc) is 2.65. The van der Waals surface area contributed by atoms with Crippen molar-refractivity contribution in [2.75, 3.05) is 14.1 Å². The maximum absolute atomic E-state index is 9.05. The molecule has 0 N–H and O–H groups in total. The number of hydrogen-bond donors (Lipinski definition) is 0. The van der Waals surface area contributed by atoms with E-state index in [0.717, 1.165) is 11.2 Å². The van der Waals surface area contributed by atoms with Gasteiger partial charge >= 0.3 is 0 Å². The summed E-state index contributed by atoms with van der Waals surface area (Å²) in [5, 5.41) is 9.05. The van der Waals surface area contributed by atoms with Crippen LogP contribution in [0.4, 0.5) is 0 Å². The van der Waals surface area contributed by atoms with Gasteiger partial charge in [-0.1, -0.05) is 0 Å². The van der Waals surface area contributed by atoms with E-state index < -0.39 is 0 Å². The summed E-state index contributed by atoms with van der Waals surface area (Å²) < 4.78 is 1.92. The molecule has 2 aromatic rings. The molecule has 2 rings (SSSR count). The molecule has 0 aliphatic rings. The third kappa shape index (κ3) is 1.69. The lowest BCUT2D eigenvalue weighted by molar-refractivity contribution is 0.358. The van der Waals surface area contributed by atoms with Crippen molar-refractivity contribution in [3.05, 3.63) is 36.3 Å². The molecule has 2 aromatic heterocycles. The summed E-state index contributed by atoms with van der Waals surface area (Å²) in [5.41, 5.74) is 1.84. The van der Waals surface area contributed by atoms with Gasteiger partial charge in [-0.3, -0.25) is 4.90 Å². The molecule has 0 radical (unpaired) electrons. The first-order chi connectivity index (χ1) is 7.22. The molecular weight excluding hydrogens is 188 g/mol. The van der Waals surface area contributed by atoms with Gasteiger partial charge in [-0.15, -0.1) is 0 Å². The summed E-state index contributed by atoms with van der Waals surface area (Å²) in [4.78, 5) is 6.07. The van der Waals surface area contributed by atoms with Crippen molar-refractivity contribution in [1.82, 2.24) is 14.3 Å². The molecule has 2 heterocycles. The second-order valence-electron chi connectivity index (χ2n) is 3.65. The molecule has 4 nitrogen and oxygen atoms in total. The number of pyridine rings is 1. The first-order valence-electron chi connectivity index (χ1n) is 4.71. The minimum absolute atomic E-state index is 0.216. The SMILES string of the molecule is CN(C)C(C#N)c1ccn2ccnc2c1. The van der Waals surface area contributed by atoms with Crippen molar-refractivity contribution in [3.8, 4) is 6.07 Å². The zero-order chi connectivity index (χ0) is 10.8. The Morgan fingerprint density at radius 2 is 2.27 bits per heavy atom. The normalized spacial score (nSPS) is 12.9. The van der Waals surface area contributed by atoms with Gasteiger partial charge in [0.05, 0.1) is 6.07 Å². The molecule has 0 spiro atoms. The third-order valence-corrected chi connectivity index (χ3v) is 2.38. The van der Waals surface area contributed by atoms with Gasteiger partial charge in [-0.2, -0.15) is 5.26 Å². The van der Waals surface area contributed by atoms with Gasteiger partial charge in [0.25, 0.3) is 0 Å². The Balaban J connectivity index is 2.47. The van der Waals surface area contributed by atoms with E-state index in [2.05, 4.69) is 11.1 Å². The van der Waals surface area contributed by atoms with Crippen LogP contribution in [-0.2, 0) is 0 Å². The highest BCUT2D eigenvalue weighted by molar-refractivity contribution is 5.43. The van der Waals surface area contributed by atoms with Crippen molar-refractivity contribution in [3.63, 3.8) is 0 Å². The highest BCUT2D eigenvalue weighted by Crippen LogP contribution is 2.18. The molecule has 0 fully saturated rings. The van der Waals surface area contributed by atoms with Crippen LogP contribution in [0.5, 0.6) is 0 Å². The standard InChI is InChI=1S/C11H12N4/c1-14(2)10(8-12)9-3-5-15-6-4-13-11(15)7-9/h3-7,10H,1-2H3. The number of hydrogen-bond acceptors (Lipinski definition) is 3. The molecule has 1 atom stereocenters. The minimum atomic E-state index is -0.216. The summed E-state index contributed by atoms with van der Waals surface area (Å²) in [5.74, 6) is 0. The van der Waals surface area contributed by atoms with Crippen LogP contribution in [-0.4, -0.2) is 28.4 Å². The van der Waals surface area contributed by atoms with Gasteiger partial charge in [0.1, 0.15) is 11.7 Å². The van der Waals surface area contributed by atoms with Gasteiger partial charge in [0, 0.05) is 18.6 Å². The van der Waals surface area contributed by atoms with E-state index in [0.29, 0.717) is 0 Å². The molecule has 0 amide bonds. The van der Waals surface area contributed by atoms with E-state index in [4.69, 9.17) is 5.26 Å². The number of aromatic nitrogens is 2. The van der Waals surface area contributed by atoms with Crippen LogP contribution in [0.3, 0.4) is 0 Å². The Morgan fingerprint density at radius 3 is 2.93 bits per heavy atom. The molecule has 76 valence electrons. The Kier molecular flexibility index (Phi) is 2.40. The van der Waals surface area contributed by atoms with Crippen LogP contribution >= 0.6 is 0 Å². The Morgan fingerprint density at radius 1 is 1.47 bits per heavy atom. The zero-order valence-electron chi connectivity index (χ0n) is 8.75. The van der Waals surface area contributed by atoms with E-state index in [1.807, 2.05) is 47.9 Å². The summed E-state index contributed by atoms with van der Waals surface area (Å²) in [7, 11) is 3.79. The molecule has 0 saturated heterocycles. The summed E-state index contributed by atoms with van der Waals surface area (Å²) in [6.45, 7) is 0. The molecule has 0 aliphatic heterocycles. The molecule has 0 aromatic carbocycles. The molecule has 0 aliphatic carbocycles. The summed E-state index contributed by atoms with van der Waals surface area (Å²) in [6, 6.07) is 5.93. The van der Waals surface area contributed by atoms with E-state index in [1.54, 1.807) is 6.20 Å². The fourth-order valence-electron chi connectivity index (χ4n) is 1.58. The van der Waals surface area contributed by atoms with Gasteiger partial charge in [-0.05, 0) is 31.8 Å². The number of imidazole rings is 1. The molecule has 0 saturated carbocycles. The number of fused-ring (bicyclic) bond motifs is 1. The molecule has 1 unspecified atom stereocenters. The average molecular weight is 200 g/mol.